The summed E-state index contributed by atoms with van der Waals surface area (Å²) in [5.74, 6) is 0. The molecule has 96 valence electrons. The highest BCUT2D eigenvalue weighted by Gasteiger charge is 2.14. The molecule has 2 rings (SSSR count). The lowest BCUT2D eigenvalue weighted by atomic mass is 10.0. The van der Waals surface area contributed by atoms with Gasteiger partial charge >= 0.3 is 0 Å². The van der Waals surface area contributed by atoms with E-state index in [2.05, 4.69) is 58.3 Å². The summed E-state index contributed by atoms with van der Waals surface area (Å²) < 4.78 is 1.18. The maximum absolute atomic E-state index is 4.14. The van der Waals surface area contributed by atoms with E-state index in [1.807, 2.05) is 11.7 Å². The van der Waals surface area contributed by atoms with Crippen LogP contribution in [0.4, 0.5) is 0 Å². The number of aryl methyl sites for hydroxylation is 1. The molecule has 1 atom stereocenters. The van der Waals surface area contributed by atoms with Crippen molar-refractivity contribution in [3.05, 3.63) is 50.4 Å². The van der Waals surface area contributed by atoms with Crippen molar-refractivity contribution in [3.63, 3.8) is 0 Å². The first kappa shape index (κ1) is 13.7. The summed E-state index contributed by atoms with van der Waals surface area (Å²) in [7, 11) is 0. The fraction of sp³-hybridized carbons (Fsp3) is 0.357. The Morgan fingerprint density at radius 3 is 2.89 bits per heavy atom. The summed E-state index contributed by atoms with van der Waals surface area (Å²) in [6.07, 6.45) is 2.94. The largest absolute Gasteiger partial charge is 0.310 e. The van der Waals surface area contributed by atoms with Crippen LogP contribution < -0.4 is 5.32 Å². The number of nitrogens with zero attached hydrogens (tertiary/aromatic N) is 1. The zero-order chi connectivity index (χ0) is 13.0. The van der Waals surface area contributed by atoms with E-state index in [4.69, 9.17) is 0 Å². The van der Waals surface area contributed by atoms with Crippen molar-refractivity contribution in [3.8, 4) is 0 Å². The second kappa shape index (κ2) is 6.45. The van der Waals surface area contributed by atoms with Gasteiger partial charge < -0.3 is 5.32 Å². The third-order valence-electron chi connectivity index (χ3n) is 2.87. The molecule has 1 N–H and O–H groups in total. The standard InChI is InChI=1S/C14H17BrN2S/c1-3-17-14(7-11-8-16-9-18-11)12-5-4-10(2)6-13(12)15/h4-6,8-9,14,17H,3,7H2,1-2H3. The Bertz CT molecular complexity index is 497. The second-order valence-corrected chi connectivity index (χ2v) is 6.13. The summed E-state index contributed by atoms with van der Waals surface area (Å²) in [6.45, 7) is 5.21. The van der Waals surface area contributed by atoms with E-state index in [0.717, 1.165) is 13.0 Å². The van der Waals surface area contributed by atoms with Crippen molar-refractivity contribution in [2.75, 3.05) is 6.54 Å². The van der Waals surface area contributed by atoms with E-state index in [-0.39, 0.29) is 0 Å². The monoisotopic (exact) mass is 324 g/mol. The molecule has 2 nitrogen and oxygen atoms in total. The highest BCUT2D eigenvalue weighted by molar-refractivity contribution is 9.10. The van der Waals surface area contributed by atoms with Crippen LogP contribution in [0.5, 0.6) is 0 Å². The van der Waals surface area contributed by atoms with Crippen LogP contribution in [-0.4, -0.2) is 11.5 Å². The second-order valence-electron chi connectivity index (χ2n) is 4.31. The fourth-order valence-electron chi connectivity index (χ4n) is 2.00. The van der Waals surface area contributed by atoms with E-state index in [0.29, 0.717) is 6.04 Å². The molecule has 2 aromatic rings. The maximum Gasteiger partial charge on any atom is 0.0794 e. The summed E-state index contributed by atoms with van der Waals surface area (Å²) in [6, 6.07) is 6.88. The van der Waals surface area contributed by atoms with Crippen molar-refractivity contribution < 1.29 is 0 Å². The Labute approximate surface area is 121 Å². The zero-order valence-electron chi connectivity index (χ0n) is 10.6. The molecule has 1 aromatic carbocycles. The number of benzene rings is 1. The Hall–Kier alpha value is -0.710. The molecule has 0 spiro atoms. The minimum atomic E-state index is 0.338. The van der Waals surface area contributed by atoms with Crippen LogP contribution in [-0.2, 0) is 6.42 Å². The van der Waals surface area contributed by atoms with Crippen LogP contribution in [0.25, 0.3) is 0 Å². The molecule has 0 saturated carbocycles. The number of hydrogen-bond acceptors (Lipinski definition) is 3. The summed E-state index contributed by atoms with van der Waals surface area (Å²) in [5.41, 5.74) is 4.48. The topological polar surface area (TPSA) is 24.9 Å². The van der Waals surface area contributed by atoms with E-state index in [1.165, 1.54) is 20.5 Å². The number of nitrogens with one attached hydrogen (secondary N) is 1. The van der Waals surface area contributed by atoms with Gasteiger partial charge in [-0.15, -0.1) is 11.3 Å². The highest BCUT2D eigenvalue weighted by Crippen LogP contribution is 2.28. The minimum Gasteiger partial charge on any atom is -0.310 e. The van der Waals surface area contributed by atoms with Gasteiger partial charge in [0.05, 0.1) is 5.51 Å². The van der Waals surface area contributed by atoms with E-state index in [1.54, 1.807) is 11.3 Å². The quantitative estimate of drug-likeness (QED) is 0.895. The van der Waals surface area contributed by atoms with Gasteiger partial charge in [-0.3, -0.25) is 4.98 Å². The van der Waals surface area contributed by atoms with Gasteiger partial charge in [0.2, 0.25) is 0 Å². The van der Waals surface area contributed by atoms with Crippen molar-refractivity contribution in [1.29, 1.82) is 0 Å². The van der Waals surface area contributed by atoms with Crippen LogP contribution in [0.1, 0.15) is 29.0 Å². The smallest absolute Gasteiger partial charge is 0.0794 e. The van der Waals surface area contributed by atoms with Crippen LogP contribution in [0, 0.1) is 6.92 Å². The molecule has 0 saturated heterocycles. The lowest BCUT2D eigenvalue weighted by Gasteiger charge is -2.19. The third-order valence-corrected chi connectivity index (χ3v) is 4.36. The van der Waals surface area contributed by atoms with Crippen molar-refractivity contribution in [2.45, 2.75) is 26.3 Å². The molecular weight excluding hydrogens is 308 g/mol. The highest BCUT2D eigenvalue weighted by atomic mass is 79.9. The van der Waals surface area contributed by atoms with Gasteiger partial charge in [0, 0.05) is 28.0 Å². The molecule has 4 heteroatoms. The number of halogens is 1. The Balaban J connectivity index is 2.23. The van der Waals surface area contributed by atoms with E-state index >= 15 is 0 Å². The summed E-state index contributed by atoms with van der Waals surface area (Å²) in [5, 5.41) is 3.55. The first-order chi connectivity index (χ1) is 8.70. The van der Waals surface area contributed by atoms with Gasteiger partial charge in [-0.1, -0.05) is 35.0 Å². The summed E-state index contributed by atoms with van der Waals surface area (Å²) in [4.78, 5) is 5.46. The van der Waals surface area contributed by atoms with Gasteiger partial charge in [-0.2, -0.15) is 0 Å². The van der Waals surface area contributed by atoms with E-state index in [9.17, 15) is 0 Å². The fourth-order valence-corrected chi connectivity index (χ4v) is 3.41. The van der Waals surface area contributed by atoms with Crippen molar-refractivity contribution >= 4 is 27.3 Å². The van der Waals surface area contributed by atoms with Crippen LogP contribution in [0.15, 0.2) is 34.4 Å². The molecule has 0 aliphatic carbocycles. The average Bonchev–Trinajstić information content (AvgIpc) is 2.81. The Morgan fingerprint density at radius 2 is 2.28 bits per heavy atom. The Morgan fingerprint density at radius 1 is 1.44 bits per heavy atom. The van der Waals surface area contributed by atoms with Crippen LogP contribution in [0.2, 0.25) is 0 Å². The number of hydrogen-bond donors (Lipinski definition) is 1. The molecule has 18 heavy (non-hydrogen) atoms. The zero-order valence-corrected chi connectivity index (χ0v) is 13.0. The first-order valence-corrected chi connectivity index (χ1v) is 7.74. The number of rotatable bonds is 5. The van der Waals surface area contributed by atoms with Gasteiger partial charge in [-0.05, 0) is 30.7 Å². The average molecular weight is 325 g/mol. The first-order valence-electron chi connectivity index (χ1n) is 6.07. The molecule has 0 amide bonds. The van der Waals surface area contributed by atoms with Crippen LogP contribution in [0.3, 0.4) is 0 Å². The summed E-state index contributed by atoms with van der Waals surface area (Å²) >= 11 is 5.38. The van der Waals surface area contributed by atoms with Crippen LogP contribution >= 0.6 is 27.3 Å². The normalized spacial score (nSPS) is 12.6. The predicted octanol–water partition coefficient (Wildman–Crippen LogP) is 4.11. The molecule has 0 aliphatic heterocycles. The molecule has 1 heterocycles. The third kappa shape index (κ3) is 3.40. The molecule has 1 aromatic heterocycles. The molecule has 0 aliphatic rings. The van der Waals surface area contributed by atoms with E-state index < -0.39 is 0 Å². The van der Waals surface area contributed by atoms with Gasteiger partial charge in [0.15, 0.2) is 0 Å². The van der Waals surface area contributed by atoms with Crippen molar-refractivity contribution in [2.24, 2.45) is 0 Å². The molecule has 0 fully saturated rings. The number of aromatic nitrogens is 1. The number of thiazole rings is 1. The Kier molecular flexibility index (Phi) is 4.92. The predicted molar refractivity (Wildman–Crippen MR) is 81.1 cm³/mol. The lowest BCUT2D eigenvalue weighted by Crippen LogP contribution is -2.23. The van der Waals surface area contributed by atoms with Gasteiger partial charge in [0.1, 0.15) is 0 Å². The maximum atomic E-state index is 4.14. The van der Waals surface area contributed by atoms with Gasteiger partial charge in [-0.25, -0.2) is 0 Å². The molecular formula is C14H17BrN2S. The number of likely N-dealkylation sites (N-methyl/N-ethyl adjacent to an activating group) is 1. The lowest BCUT2D eigenvalue weighted by molar-refractivity contribution is 0.551. The molecule has 0 bridgehead atoms. The minimum absolute atomic E-state index is 0.338. The van der Waals surface area contributed by atoms with Gasteiger partial charge in [0.25, 0.3) is 0 Å². The SMILES string of the molecule is CCNC(Cc1cncs1)c1ccc(C)cc1Br. The molecule has 1 unspecified atom stereocenters. The van der Waals surface area contributed by atoms with Crippen molar-refractivity contribution in [1.82, 2.24) is 10.3 Å². The molecule has 0 radical (unpaired) electrons.